The number of rotatable bonds is 6. The van der Waals surface area contributed by atoms with Crippen molar-refractivity contribution in [2.45, 2.75) is 11.4 Å². The van der Waals surface area contributed by atoms with Gasteiger partial charge in [0.15, 0.2) is 0 Å². The summed E-state index contributed by atoms with van der Waals surface area (Å²) in [6.07, 6.45) is 1.27. The Morgan fingerprint density at radius 3 is 2.71 bits per heavy atom. The van der Waals surface area contributed by atoms with Crippen molar-refractivity contribution in [2.24, 2.45) is 0 Å². The van der Waals surface area contributed by atoms with E-state index in [9.17, 15) is 8.42 Å². The van der Waals surface area contributed by atoms with Crippen LogP contribution in [0.4, 0.5) is 0 Å². The second-order valence-electron chi connectivity index (χ2n) is 3.76. The van der Waals surface area contributed by atoms with Crippen molar-refractivity contribution in [2.75, 3.05) is 24.8 Å². The van der Waals surface area contributed by atoms with E-state index in [2.05, 4.69) is 21.2 Å². The van der Waals surface area contributed by atoms with Crippen molar-refractivity contribution in [3.05, 3.63) is 28.2 Å². The molecule has 0 aliphatic rings. The van der Waals surface area contributed by atoms with Crippen LogP contribution in [-0.4, -0.2) is 33.2 Å². The first-order valence-corrected chi connectivity index (χ1v) is 9.00. The zero-order chi connectivity index (χ0) is 12.9. The fraction of sp³-hybridized carbons (Fsp3) is 0.455. The molecule has 0 saturated carbocycles. The van der Waals surface area contributed by atoms with Crippen molar-refractivity contribution >= 4 is 37.5 Å². The van der Waals surface area contributed by atoms with Gasteiger partial charge in [0, 0.05) is 27.9 Å². The lowest BCUT2D eigenvalue weighted by Gasteiger charge is -2.09. The number of nitrogens with one attached hydrogen (secondary N) is 1. The molecule has 0 radical (unpaired) electrons. The number of hydrogen-bond donors (Lipinski definition) is 1. The molecule has 17 heavy (non-hydrogen) atoms. The molecule has 0 amide bonds. The maximum atomic E-state index is 11.1. The summed E-state index contributed by atoms with van der Waals surface area (Å²) >= 11 is 5.01. The van der Waals surface area contributed by atoms with E-state index >= 15 is 0 Å². The largest absolute Gasteiger partial charge is 0.316 e. The maximum Gasteiger partial charge on any atom is 0.148 e. The van der Waals surface area contributed by atoms with Crippen LogP contribution in [0.5, 0.6) is 0 Å². The third-order valence-electron chi connectivity index (χ3n) is 2.11. The minimum absolute atomic E-state index is 0.211. The predicted molar refractivity (Wildman–Crippen MR) is 77.3 cm³/mol. The lowest BCUT2D eigenvalue weighted by Crippen LogP contribution is -2.08. The number of hydrogen-bond acceptors (Lipinski definition) is 4. The molecule has 1 aromatic carbocycles. The molecule has 0 spiro atoms. The summed E-state index contributed by atoms with van der Waals surface area (Å²) in [7, 11) is -0.982. The highest BCUT2D eigenvalue weighted by Crippen LogP contribution is 2.26. The molecular formula is C11H16BrNO2S2. The second-order valence-corrected chi connectivity index (χ2v) is 8.07. The van der Waals surface area contributed by atoms with Crippen LogP contribution in [0.3, 0.4) is 0 Å². The first kappa shape index (κ1) is 15.0. The summed E-state index contributed by atoms with van der Waals surface area (Å²) in [5.74, 6) is 0.801. The van der Waals surface area contributed by atoms with Crippen LogP contribution in [0.25, 0.3) is 0 Å². The Morgan fingerprint density at radius 2 is 2.12 bits per heavy atom. The summed E-state index contributed by atoms with van der Waals surface area (Å²) < 4.78 is 23.1. The van der Waals surface area contributed by atoms with Crippen LogP contribution in [0.15, 0.2) is 27.6 Å². The van der Waals surface area contributed by atoms with E-state index in [0.29, 0.717) is 5.75 Å². The van der Waals surface area contributed by atoms with Crippen molar-refractivity contribution in [3.63, 3.8) is 0 Å². The van der Waals surface area contributed by atoms with Crippen LogP contribution in [0.2, 0.25) is 0 Å². The zero-order valence-corrected chi connectivity index (χ0v) is 13.1. The minimum Gasteiger partial charge on any atom is -0.316 e. The van der Waals surface area contributed by atoms with Gasteiger partial charge in [-0.2, -0.15) is 0 Å². The summed E-state index contributed by atoms with van der Waals surface area (Å²) in [6.45, 7) is 0.786. The van der Waals surface area contributed by atoms with Crippen molar-refractivity contribution < 1.29 is 8.42 Å². The first-order valence-electron chi connectivity index (χ1n) is 5.16. The molecule has 0 aliphatic carbocycles. The monoisotopic (exact) mass is 337 g/mol. The molecule has 0 heterocycles. The molecule has 96 valence electrons. The van der Waals surface area contributed by atoms with E-state index in [1.165, 1.54) is 11.8 Å². The second kappa shape index (κ2) is 6.78. The molecule has 1 aromatic rings. The maximum absolute atomic E-state index is 11.1. The highest BCUT2D eigenvalue weighted by molar-refractivity contribution is 9.10. The molecular weight excluding hydrogens is 322 g/mol. The quantitative estimate of drug-likeness (QED) is 0.809. The number of halogens is 1. The molecule has 1 rings (SSSR count). The van der Waals surface area contributed by atoms with Crippen LogP contribution in [0.1, 0.15) is 5.56 Å². The fourth-order valence-electron chi connectivity index (χ4n) is 1.30. The van der Waals surface area contributed by atoms with Gasteiger partial charge in [0.05, 0.1) is 5.75 Å². The Labute approximate surface area is 115 Å². The molecule has 0 aromatic heterocycles. The zero-order valence-electron chi connectivity index (χ0n) is 9.86. The molecule has 0 fully saturated rings. The van der Waals surface area contributed by atoms with Crippen molar-refractivity contribution in [1.29, 1.82) is 0 Å². The van der Waals surface area contributed by atoms with E-state index in [1.807, 2.05) is 25.2 Å². The van der Waals surface area contributed by atoms with Crippen LogP contribution in [0, 0.1) is 0 Å². The van der Waals surface area contributed by atoms with E-state index in [1.54, 1.807) is 11.8 Å². The van der Waals surface area contributed by atoms with Gasteiger partial charge in [0.1, 0.15) is 9.84 Å². The van der Waals surface area contributed by atoms with E-state index in [0.717, 1.165) is 15.9 Å². The van der Waals surface area contributed by atoms with Crippen molar-refractivity contribution in [3.8, 4) is 0 Å². The van der Waals surface area contributed by atoms with Crippen molar-refractivity contribution in [1.82, 2.24) is 5.32 Å². The lowest BCUT2D eigenvalue weighted by molar-refractivity contribution is 0.603. The van der Waals surface area contributed by atoms with Gasteiger partial charge in [-0.1, -0.05) is 22.0 Å². The average molecular weight is 338 g/mol. The highest BCUT2D eigenvalue weighted by Gasteiger charge is 2.06. The van der Waals surface area contributed by atoms with Gasteiger partial charge in [0.25, 0.3) is 0 Å². The Morgan fingerprint density at radius 1 is 1.41 bits per heavy atom. The van der Waals surface area contributed by atoms with Gasteiger partial charge in [-0.3, -0.25) is 0 Å². The predicted octanol–water partition coefficient (Wildman–Crippen LogP) is 2.31. The van der Waals surface area contributed by atoms with Crippen LogP contribution >= 0.6 is 27.7 Å². The first-order chi connectivity index (χ1) is 7.92. The Hall–Kier alpha value is -0.0400. The van der Waals surface area contributed by atoms with Gasteiger partial charge < -0.3 is 5.32 Å². The minimum atomic E-state index is -2.88. The SMILES string of the molecule is CNCc1ccc(Br)cc1SCCS(C)(=O)=O. The number of thioether (sulfide) groups is 1. The molecule has 0 unspecified atom stereocenters. The highest BCUT2D eigenvalue weighted by atomic mass is 79.9. The fourth-order valence-corrected chi connectivity index (χ4v) is 4.11. The van der Waals surface area contributed by atoms with Gasteiger partial charge in [-0.05, 0) is 24.7 Å². The molecule has 0 saturated heterocycles. The number of sulfone groups is 1. The van der Waals surface area contributed by atoms with E-state index in [4.69, 9.17) is 0 Å². The average Bonchev–Trinajstić information content (AvgIpc) is 2.20. The molecule has 6 heteroatoms. The van der Waals surface area contributed by atoms with E-state index in [-0.39, 0.29) is 5.75 Å². The lowest BCUT2D eigenvalue weighted by atomic mass is 10.2. The summed E-state index contributed by atoms with van der Waals surface area (Å²) in [4.78, 5) is 1.12. The number of benzene rings is 1. The molecule has 0 atom stereocenters. The third-order valence-corrected chi connectivity index (χ3v) is 4.90. The Bertz CT molecular complexity index is 474. The topological polar surface area (TPSA) is 46.2 Å². The molecule has 0 aliphatic heterocycles. The summed E-state index contributed by atoms with van der Waals surface area (Å²) in [6, 6.07) is 6.07. The normalized spacial score (nSPS) is 11.7. The van der Waals surface area contributed by atoms with Crippen LogP contribution in [-0.2, 0) is 16.4 Å². The Kier molecular flexibility index (Phi) is 5.99. The smallest absolute Gasteiger partial charge is 0.148 e. The third kappa shape index (κ3) is 5.90. The molecule has 3 nitrogen and oxygen atoms in total. The van der Waals surface area contributed by atoms with E-state index < -0.39 is 9.84 Å². The molecule has 0 bridgehead atoms. The van der Waals surface area contributed by atoms with Gasteiger partial charge in [0.2, 0.25) is 0 Å². The molecule has 1 N–H and O–H groups in total. The van der Waals surface area contributed by atoms with Gasteiger partial charge in [-0.15, -0.1) is 11.8 Å². The van der Waals surface area contributed by atoms with Gasteiger partial charge >= 0.3 is 0 Å². The standard InChI is InChI=1S/C11H16BrNO2S2/c1-13-8-9-3-4-10(12)7-11(9)16-5-6-17(2,14)15/h3-4,7,13H,5-6,8H2,1-2H3. The van der Waals surface area contributed by atoms with Crippen LogP contribution < -0.4 is 5.32 Å². The Balaban J connectivity index is 2.71. The summed E-state index contributed by atoms with van der Waals surface area (Å²) in [5.41, 5.74) is 1.19. The van der Waals surface area contributed by atoms with Gasteiger partial charge in [-0.25, -0.2) is 8.42 Å². The summed E-state index contributed by atoms with van der Waals surface area (Å²) in [5, 5.41) is 3.10.